The van der Waals surface area contributed by atoms with Crippen LogP contribution in [0.2, 0.25) is 0 Å². The van der Waals surface area contributed by atoms with Crippen LogP contribution in [0.3, 0.4) is 0 Å². The third-order valence-electron chi connectivity index (χ3n) is 3.71. The second-order valence-electron chi connectivity index (χ2n) is 5.51. The maximum Gasteiger partial charge on any atom is 0.0638 e. The summed E-state index contributed by atoms with van der Waals surface area (Å²) in [6, 6.07) is 0.480. The molecule has 3 heteroatoms. The van der Waals surface area contributed by atoms with Gasteiger partial charge in [0.15, 0.2) is 0 Å². The molecule has 1 rings (SSSR count). The zero-order chi connectivity index (χ0) is 12.0. The maximum absolute atomic E-state index is 5.92. The molecule has 0 saturated carbocycles. The van der Waals surface area contributed by atoms with Crippen LogP contribution in [-0.2, 0) is 4.74 Å². The van der Waals surface area contributed by atoms with E-state index >= 15 is 0 Å². The van der Waals surface area contributed by atoms with E-state index in [1.165, 1.54) is 38.8 Å². The molecule has 1 unspecified atom stereocenters. The first-order valence-corrected chi connectivity index (χ1v) is 6.58. The van der Waals surface area contributed by atoms with Crippen molar-refractivity contribution in [3.8, 4) is 0 Å². The molecule has 16 heavy (non-hydrogen) atoms. The number of ether oxygens (including phenoxy) is 1. The van der Waals surface area contributed by atoms with Crippen molar-refractivity contribution in [1.29, 1.82) is 0 Å². The van der Waals surface area contributed by atoms with E-state index in [0.29, 0.717) is 6.04 Å². The molecule has 1 atom stereocenters. The third-order valence-corrected chi connectivity index (χ3v) is 3.71. The highest BCUT2D eigenvalue weighted by molar-refractivity contribution is 4.82. The molecule has 0 aromatic heterocycles. The fourth-order valence-corrected chi connectivity index (χ4v) is 2.47. The van der Waals surface area contributed by atoms with Crippen molar-refractivity contribution in [2.45, 2.75) is 57.6 Å². The fraction of sp³-hybridized carbons (Fsp3) is 1.00. The van der Waals surface area contributed by atoms with Crippen LogP contribution in [0, 0.1) is 0 Å². The van der Waals surface area contributed by atoms with E-state index in [9.17, 15) is 0 Å². The first kappa shape index (κ1) is 13.9. The normalized spacial score (nSPS) is 21.8. The van der Waals surface area contributed by atoms with Crippen molar-refractivity contribution in [2.75, 3.05) is 26.7 Å². The predicted octanol–water partition coefficient (Wildman–Crippen LogP) is 2.00. The van der Waals surface area contributed by atoms with Crippen molar-refractivity contribution < 1.29 is 4.74 Å². The molecule has 1 heterocycles. The number of nitrogens with two attached hydrogens (primary N) is 1. The Morgan fingerprint density at radius 1 is 1.19 bits per heavy atom. The van der Waals surface area contributed by atoms with Crippen LogP contribution < -0.4 is 5.73 Å². The third kappa shape index (κ3) is 4.40. The molecule has 1 aliphatic rings. The van der Waals surface area contributed by atoms with Gasteiger partial charge in [0.25, 0.3) is 0 Å². The standard InChI is InChI=1S/C13H28N2O/c1-13(2,16-3)10-12(11-14)15-8-6-4-5-7-9-15/h12H,4-11,14H2,1-3H3. The quantitative estimate of drug-likeness (QED) is 0.782. The molecule has 1 fully saturated rings. The highest BCUT2D eigenvalue weighted by Gasteiger charge is 2.26. The summed E-state index contributed by atoms with van der Waals surface area (Å²) >= 11 is 0. The van der Waals surface area contributed by atoms with Crippen LogP contribution in [0.1, 0.15) is 46.0 Å². The van der Waals surface area contributed by atoms with E-state index in [0.717, 1.165) is 13.0 Å². The molecule has 2 N–H and O–H groups in total. The van der Waals surface area contributed by atoms with Crippen molar-refractivity contribution in [1.82, 2.24) is 4.90 Å². The lowest BCUT2D eigenvalue weighted by molar-refractivity contribution is -0.00724. The lowest BCUT2D eigenvalue weighted by atomic mass is 9.97. The molecule has 0 radical (unpaired) electrons. The first-order valence-electron chi connectivity index (χ1n) is 6.58. The van der Waals surface area contributed by atoms with Gasteiger partial charge in [-0.25, -0.2) is 0 Å². The SMILES string of the molecule is COC(C)(C)CC(CN)N1CCCCCC1. The Morgan fingerprint density at radius 3 is 2.19 bits per heavy atom. The summed E-state index contributed by atoms with van der Waals surface area (Å²) in [4.78, 5) is 2.56. The maximum atomic E-state index is 5.92. The molecule has 0 amide bonds. The van der Waals surface area contributed by atoms with Gasteiger partial charge in [0, 0.05) is 19.7 Å². The van der Waals surface area contributed by atoms with E-state index in [1.807, 2.05) is 0 Å². The van der Waals surface area contributed by atoms with E-state index < -0.39 is 0 Å². The number of hydrogen-bond acceptors (Lipinski definition) is 3. The van der Waals surface area contributed by atoms with Crippen molar-refractivity contribution in [3.63, 3.8) is 0 Å². The van der Waals surface area contributed by atoms with Gasteiger partial charge in [-0.15, -0.1) is 0 Å². The van der Waals surface area contributed by atoms with Crippen LogP contribution >= 0.6 is 0 Å². The minimum Gasteiger partial charge on any atom is -0.379 e. The zero-order valence-electron chi connectivity index (χ0n) is 11.2. The smallest absolute Gasteiger partial charge is 0.0638 e. The number of rotatable bonds is 5. The van der Waals surface area contributed by atoms with Gasteiger partial charge >= 0.3 is 0 Å². The Bertz CT molecular complexity index is 186. The summed E-state index contributed by atoms with van der Waals surface area (Å²) in [6.45, 7) is 7.46. The molecule has 0 aromatic carbocycles. The lowest BCUT2D eigenvalue weighted by Gasteiger charge is -2.35. The lowest BCUT2D eigenvalue weighted by Crippen LogP contribution is -2.45. The Labute approximate surface area is 100 Å². The molecule has 0 aromatic rings. The van der Waals surface area contributed by atoms with Crippen molar-refractivity contribution in [2.24, 2.45) is 5.73 Å². The average molecular weight is 228 g/mol. The highest BCUT2D eigenvalue weighted by atomic mass is 16.5. The number of likely N-dealkylation sites (tertiary alicyclic amines) is 1. The van der Waals surface area contributed by atoms with Crippen LogP contribution in [-0.4, -0.2) is 43.3 Å². The minimum absolute atomic E-state index is 0.0592. The second-order valence-corrected chi connectivity index (χ2v) is 5.51. The van der Waals surface area contributed by atoms with Crippen molar-refractivity contribution in [3.05, 3.63) is 0 Å². The Kier molecular flexibility index (Phi) is 5.73. The molecule has 0 bridgehead atoms. The predicted molar refractivity (Wildman–Crippen MR) is 68.6 cm³/mol. The number of nitrogens with zero attached hydrogens (tertiary/aromatic N) is 1. The van der Waals surface area contributed by atoms with E-state index in [-0.39, 0.29) is 5.60 Å². The van der Waals surface area contributed by atoms with Crippen LogP contribution in [0.15, 0.2) is 0 Å². The zero-order valence-corrected chi connectivity index (χ0v) is 11.2. The fourth-order valence-electron chi connectivity index (χ4n) is 2.47. The topological polar surface area (TPSA) is 38.5 Å². The Balaban J connectivity index is 2.51. The minimum atomic E-state index is -0.0592. The number of hydrogen-bond donors (Lipinski definition) is 1. The highest BCUT2D eigenvalue weighted by Crippen LogP contribution is 2.21. The van der Waals surface area contributed by atoms with E-state index in [1.54, 1.807) is 7.11 Å². The largest absolute Gasteiger partial charge is 0.379 e. The summed E-state index contributed by atoms with van der Waals surface area (Å²) in [6.07, 6.45) is 6.43. The van der Waals surface area contributed by atoms with E-state index in [4.69, 9.17) is 10.5 Å². The summed E-state index contributed by atoms with van der Waals surface area (Å²) in [5.74, 6) is 0. The molecule has 1 aliphatic heterocycles. The summed E-state index contributed by atoms with van der Waals surface area (Å²) in [7, 11) is 1.79. The molecule has 0 aliphatic carbocycles. The first-order chi connectivity index (χ1) is 7.59. The Hall–Kier alpha value is -0.120. The summed E-state index contributed by atoms with van der Waals surface area (Å²) in [5, 5.41) is 0. The monoisotopic (exact) mass is 228 g/mol. The molecular weight excluding hydrogens is 200 g/mol. The molecular formula is C13H28N2O. The average Bonchev–Trinajstić information content (AvgIpc) is 2.54. The van der Waals surface area contributed by atoms with Gasteiger partial charge in [-0.05, 0) is 46.2 Å². The van der Waals surface area contributed by atoms with Gasteiger partial charge in [0.05, 0.1) is 5.60 Å². The van der Waals surface area contributed by atoms with Gasteiger partial charge in [-0.1, -0.05) is 12.8 Å². The Morgan fingerprint density at radius 2 is 1.75 bits per heavy atom. The molecule has 0 spiro atoms. The van der Waals surface area contributed by atoms with Gasteiger partial charge < -0.3 is 10.5 Å². The molecule has 96 valence electrons. The van der Waals surface area contributed by atoms with E-state index in [2.05, 4.69) is 18.7 Å². The molecule has 3 nitrogen and oxygen atoms in total. The summed E-state index contributed by atoms with van der Waals surface area (Å²) in [5.41, 5.74) is 5.86. The number of methoxy groups -OCH3 is 1. The second kappa shape index (κ2) is 6.58. The van der Waals surface area contributed by atoms with Crippen molar-refractivity contribution >= 4 is 0 Å². The van der Waals surface area contributed by atoms with Gasteiger partial charge in [-0.2, -0.15) is 0 Å². The molecule has 1 saturated heterocycles. The van der Waals surface area contributed by atoms with Gasteiger partial charge in [0.2, 0.25) is 0 Å². The van der Waals surface area contributed by atoms with Crippen LogP contribution in [0.5, 0.6) is 0 Å². The van der Waals surface area contributed by atoms with Gasteiger partial charge in [-0.3, -0.25) is 4.90 Å². The van der Waals surface area contributed by atoms with Crippen LogP contribution in [0.25, 0.3) is 0 Å². The van der Waals surface area contributed by atoms with Gasteiger partial charge in [0.1, 0.15) is 0 Å². The summed E-state index contributed by atoms with van der Waals surface area (Å²) < 4.78 is 5.51. The van der Waals surface area contributed by atoms with Crippen LogP contribution in [0.4, 0.5) is 0 Å².